The summed E-state index contributed by atoms with van der Waals surface area (Å²) in [5, 5.41) is 28.4. The zero-order valence-corrected chi connectivity index (χ0v) is 9.71. The average molecular weight is 244 g/mol. The zero-order valence-electron chi connectivity index (χ0n) is 9.71. The molecule has 2 aromatic carbocycles. The molecule has 0 amide bonds. The van der Waals surface area contributed by atoms with Gasteiger partial charge in [-0.1, -0.05) is 11.6 Å². The molecule has 4 nitrogen and oxygen atoms in total. The molecule has 0 aliphatic heterocycles. The van der Waals surface area contributed by atoms with E-state index in [9.17, 15) is 15.0 Å². The minimum absolute atomic E-state index is 0.0358. The lowest BCUT2D eigenvalue weighted by Crippen LogP contribution is -2.02. The van der Waals surface area contributed by atoms with Crippen LogP contribution < -0.4 is 0 Å². The van der Waals surface area contributed by atoms with Crippen LogP contribution in [-0.2, 0) is 0 Å². The highest BCUT2D eigenvalue weighted by Crippen LogP contribution is 2.28. The van der Waals surface area contributed by atoms with Gasteiger partial charge in [-0.05, 0) is 31.2 Å². The summed E-state index contributed by atoms with van der Waals surface area (Å²) in [7, 11) is 0. The molecule has 4 heteroatoms. The largest absolute Gasteiger partial charge is 0.508 e. The van der Waals surface area contributed by atoms with Gasteiger partial charge in [-0.15, -0.1) is 0 Å². The molecule has 0 saturated carbocycles. The van der Waals surface area contributed by atoms with Crippen molar-refractivity contribution in [3.05, 3.63) is 53.1 Å². The van der Waals surface area contributed by atoms with Crippen molar-refractivity contribution in [1.82, 2.24) is 0 Å². The van der Waals surface area contributed by atoms with Gasteiger partial charge >= 0.3 is 0 Å². The van der Waals surface area contributed by atoms with Gasteiger partial charge in [0.2, 0.25) is 0 Å². The third-order valence-electron chi connectivity index (χ3n) is 2.62. The smallest absolute Gasteiger partial charge is 0.200 e. The summed E-state index contributed by atoms with van der Waals surface area (Å²) in [6.07, 6.45) is 0. The number of hydrogen-bond acceptors (Lipinski definition) is 4. The molecule has 0 fully saturated rings. The van der Waals surface area contributed by atoms with Gasteiger partial charge in [-0.3, -0.25) is 4.79 Å². The predicted molar refractivity (Wildman–Crippen MR) is 66.0 cm³/mol. The number of rotatable bonds is 2. The van der Waals surface area contributed by atoms with E-state index in [1.165, 1.54) is 18.2 Å². The molecule has 0 aliphatic carbocycles. The molecule has 0 saturated heterocycles. The molecular formula is C14H12O4. The Balaban J connectivity index is 2.51. The first kappa shape index (κ1) is 12.0. The molecule has 0 aliphatic rings. The van der Waals surface area contributed by atoms with Gasteiger partial charge in [-0.25, -0.2) is 0 Å². The van der Waals surface area contributed by atoms with Gasteiger partial charge in [-0.2, -0.15) is 0 Å². The molecule has 0 aromatic heterocycles. The Bertz CT molecular complexity index is 617. The van der Waals surface area contributed by atoms with Gasteiger partial charge in [0, 0.05) is 6.07 Å². The van der Waals surface area contributed by atoms with Gasteiger partial charge < -0.3 is 15.3 Å². The first-order valence-electron chi connectivity index (χ1n) is 5.35. The van der Waals surface area contributed by atoms with Crippen LogP contribution in [0.5, 0.6) is 17.2 Å². The maximum atomic E-state index is 12.1. The van der Waals surface area contributed by atoms with Crippen molar-refractivity contribution in [2.75, 3.05) is 0 Å². The highest BCUT2D eigenvalue weighted by Gasteiger charge is 2.17. The number of phenols is 3. The summed E-state index contributed by atoms with van der Waals surface area (Å²) in [5.41, 5.74) is 0.985. The Kier molecular flexibility index (Phi) is 2.93. The van der Waals surface area contributed by atoms with Crippen molar-refractivity contribution >= 4 is 5.78 Å². The lowest BCUT2D eigenvalue weighted by molar-refractivity contribution is 0.103. The molecule has 0 unspecified atom stereocenters. The Labute approximate surface area is 104 Å². The van der Waals surface area contributed by atoms with E-state index in [1.54, 1.807) is 19.1 Å². The van der Waals surface area contributed by atoms with Crippen LogP contribution in [0.25, 0.3) is 0 Å². The summed E-state index contributed by atoms with van der Waals surface area (Å²) in [6, 6.07) is 8.36. The van der Waals surface area contributed by atoms with Crippen molar-refractivity contribution in [1.29, 1.82) is 0 Å². The van der Waals surface area contributed by atoms with Crippen LogP contribution in [0.15, 0.2) is 36.4 Å². The SMILES string of the molecule is Cc1ccc(O)c(C(=O)c2ccc(O)cc2O)c1. The van der Waals surface area contributed by atoms with Gasteiger partial charge in [0.25, 0.3) is 0 Å². The van der Waals surface area contributed by atoms with E-state index in [-0.39, 0.29) is 28.4 Å². The second-order valence-corrected chi connectivity index (χ2v) is 4.05. The molecule has 3 N–H and O–H groups in total. The van der Waals surface area contributed by atoms with E-state index < -0.39 is 5.78 Å². The van der Waals surface area contributed by atoms with E-state index in [2.05, 4.69) is 0 Å². The molecule has 2 rings (SSSR count). The Morgan fingerprint density at radius 1 is 0.889 bits per heavy atom. The van der Waals surface area contributed by atoms with E-state index in [0.717, 1.165) is 11.6 Å². The molecule has 18 heavy (non-hydrogen) atoms. The topological polar surface area (TPSA) is 77.8 Å². The number of benzene rings is 2. The highest BCUT2D eigenvalue weighted by molar-refractivity contribution is 6.12. The van der Waals surface area contributed by atoms with Gasteiger partial charge in [0.1, 0.15) is 17.2 Å². The summed E-state index contributed by atoms with van der Waals surface area (Å²) in [4.78, 5) is 12.1. The number of aryl methyl sites for hydroxylation is 1. The van der Waals surface area contributed by atoms with Crippen molar-refractivity contribution in [3.63, 3.8) is 0 Å². The number of carbonyl (C=O) groups excluding carboxylic acids is 1. The predicted octanol–water partition coefficient (Wildman–Crippen LogP) is 2.34. The second kappa shape index (κ2) is 4.41. The van der Waals surface area contributed by atoms with Crippen LogP contribution in [0.2, 0.25) is 0 Å². The third kappa shape index (κ3) is 2.13. The van der Waals surface area contributed by atoms with Crippen LogP contribution in [-0.4, -0.2) is 21.1 Å². The number of phenolic OH excluding ortho intramolecular Hbond substituents is 3. The molecule has 2 aromatic rings. The molecule has 92 valence electrons. The monoisotopic (exact) mass is 244 g/mol. The summed E-state index contributed by atoms with van der Waals surface area (Å²) in [5.74, 6) is -1.08. The van der Waals surface area contributed by atoms with Crippen LogP contribution in [0.1, 0.15) is 21.5 Å². The third-order valence-corrected chi connectivity index (χ3v) is 2.62. The van der Waals surface area contributed by atoms with Crippen LogP contribution in [0.4, 0.5) is 0 Å². The first-order chi connectivity index (χ1) is 8.49. The molecule has 0 bridgehead atoms. The minimum Gasteiger partial charge on any atom is -0.508 e. The standard InChI is InChI=1S/C14H12O4/c1-8-2-5-12(16)11(6-8)14(18)10-4-3-9(15)7-13(10)17/h2-7,15-17H,1H3. The fourth-order valence-electron chi connectivity index (χ4n) is 1.69. The van der Waals surface area contributed by atoms with E-state index >= 15 is 0 Å². The quantitative estimate of drug-likeness (QED) is 0.708. The van der Waals surface area contributed by atoms with Gasteiger partial charge in [0.05, 0.1) is 11.1 Å². The normalized spacial score (nSPS) is 10.3. The lowest BCUT2D eigenvalue weighted by Gasteiger charge is -2.07. The molecule has 0 atom stereocenters. The molecule has 0 radical (unpaired) electrons. The number of carbonyl (C=O) groups is 1. The summed E-state index contributed by atoms with van der Waals surface area (Å²) in [6.45, 7) is 1.80. The summed E-state index contributed by atoms with van der Waals surface area (Å²) < 4.78 is 0. The van der Waals surface area contributed by atoms with Crippen molar-refractivity contribution in [3.8, 4) is 17.2 Å². The molecule has 0 spiro atoms. The Hall–Kier alpha value is -2.49. The molecular weight excluding hydrogens is 232 g/mol. The van der Waals surface area contributed by atoms with E-state index in [0.29, 0.717) is 0 Å². The van der Waals surface area contributed by atoms with Crippen molar-refractivity contribution in [2.45, 2.75) is 6.92 Å². The number of ketones is 1. The fraction of sp³-hybridized carbons (Fsp3) is 0.0714. The Morgan fingerprint density at radius 2 is 1.61 bits per heavy atom. The number of hydrogen-bond donors (Lipinski definition) is 3. The Morgan fingerprint density at radius 3 is 2.28 bits per heavy atom. The van der Waals surface area contributed by atoms with Crippen LogP contribution >= 0.6 is 0 Å². The second-order valence-electron chi connectivity index (χ2n) is 4.05. The van der Waals surface area contributed by atoms with Crippen LogP contribution in [0, 0.1) is 6.92 Å². The maximum Gasteiger partial charge on any atom is 0.200 e. The van der Waals surface area contributed by atoms with Crippen molar-refractivity contribution < 1.29 is 20.1 Å². The maximum absolute atomic E-state index is 12.1. The average Bonchev–Trinajstić information content (AvgIpc) is 2.31. The van der Waals surface area contributed by atoms with Gasteiger partial charge in [0.15, 0.2) is 5.78 Å². The van der Waals surface area contributed by atoms with E-state index in [1.807, 2.05) is 0 Å². The minimum atomic E-state index is -0.492. The fourth-order valence-corrected chi connectivity index (χ4v) is 1.69. The summed E-state index contributed by atoms with van der Waals surface area (Å²) >= 11 is 0. The van der Waals surface area contributed by atoms with E-state index in [4.69, 9.17) is 5.11 Å². The lowest BCUT2D eigenvalue weighted by atomic mass is 10.00. The number of aromatic hydroxyl groups is 3. The first-order valence-corrected chi connectivity index (χ1v) is 5.35. The van der Waals surface area contributed by atoms with Crippen molar-refractivity contribution in [2.24, 2.45) is 0 Å². The zero-order chi connectivity index (χ0) is 13.3. The highest BCUT2D eigenvalue weighted by atomic mass is 16.3. The molecule has 0 heterocycles. The van der Waals surface area contributed by atoms with Crippen LogP contribution in [0.3, 0.4) is 0 Å².